The van der Waals surface area contributed by atoms with E-state index in [1.807, 2.05) is 0 Å². The van der Waals surface area contributed by atoms with E-state index < -0.39 is 6.10 Å². The van der Waals surface area contributed by atoms with Gasteiger partial charge in [-0.25, -0.2) is 0 Å². The zero-order chi connectivity index (χ0) is 44.9. The van der Waals surface area contributed by atoms with Gasteiger partial charge in [-0.1, -0.05) is 229 Å². The molecule has 5 nitrogen and oxygen atoms in total. The number of carbonyl (C=O) groups excluding carboxylic acids is 2. The fourth-order valence-electron chi connectivity index (χ4n) is 7.56. The Morgan fingerprint density at radius 1 is 0.371 bits per heavy atom. The van der Waals surface area contributed by atoms with Gasteiger partial charge in [0.2, 0.25) is 0 Å². The minimum Gasteiger partial charge on any atom is -0.462 e. The van der Waals surface area contributed by atoms with Crippen molar-refractivity contribution in [2.75, 3.05) is 19.8 Å². The molecule has 5 heteroatoms. The Bertz CT molecular complexity index is 1070. The van der Waals surface area contributed by atoms with Crippen LogP contribution in [-0.4, -0.2) is 37.9 Å². The van der Waals surface area contributed by atoms with Crippen LogP contribution in [0.3, 0.4) is 0 Å². The third kappa shape index (κ3) is 50.2. The standard InChI is InChI=1S/C57H102O5/c1-4-7-10-13-16-19-22-25-28-31-34-37-40-43-46-49-52-60-53-55(62-57(59)51-48-45-42-39-36-33-30-27-24-21-18-15-12-9-6-3)54-61-56(58)50-47-44-41-38-35-32-29-26-23-20-17-14-11-8-5-2/h8,11,17,20,26-27,29-30,35,38,55H,4-7,9-10,12-16,18-19,21-25,28,31-34,36-37,39-54H2,1-3H3/b11-8-,20-17-,29-26-,30-27-,38-35-. The topological polar surface area (TPSA) is 61.8 Å². The molecule has 0 aromatic rings. The molecular formula is C57H102O5. The molecule has 0 aliphatic carbocycles. The fraction of sp³-hybridized carbons (Fsp3) is 0.789. The van der Waals surface area contributed by atoms with E-state index in [1.165, 1.54) is 148 Å². The Labute approximate surface area is 385 Å². The maximum absolute atomic E-state index is 12.8. The van der Waals surface area contributed by atoms with Crippen LogP contribution in [0.2, 0.25) is 0 Å². The summed E-state index contributed by atoms with van der Waals surface area (Å²) in [6, 6.07) is 0. The van der Waals surface area contributed by atoms with E-state index in [4.69, 9.17) is 14.2 Å². The van der Waals surface area contributed by atoms with E-state index in [0.717, 1.165) is 83.5 Å². The molecule has 0 aliphatic rings. The highest BCUT2D eigenvalue weighted by Crippen LogP contribution is 2.15. The van der Waals surface area contributed by atoms with Crippen molar-refractivity contribution in [2.24, 2.45) is 0 Å². The lowest BCUT2D eigenvalue weighted by molar-refractivity contribution is -0.163. The second kappa shape index (κ2) is 52.9. The van der Waals surface area contributed by atoms with Crippen LogP contribution >= 0.6 is 0 Å². The van der Waals surface area contributed by atoms with E-state index in [2.05, 4.69) is 81.5 Å². The van der Waals surface area contributed by atoms with Crippen molar-refractivity contribution in [1.29, 1.82) is 0 Å². The summed E-state index contributed by atoms with van der Waals surface area (Å²) >= 11 is 0. The highest BCUT2D eigenvalue weighted by atomic mass is 16.6. The SMILES string of the molecule is CC/C=C\C/C=C\C/C=C\C/C=C\CCCCC(=O)OCC(COCCCCCCCCCCCCCCCCCC)OC(=O)CCCCCCC/C=C\CCCCCCCC. The molecule has 0 aromatic heterocycles. The van der Waals surface area contributed by atoms with E-state index >= 15 is 0 Å². The van der Waals surface area contributed by atoms with Crippen molar-refractivity contribution in [3.05, 3.63) is 60.8 Å². The molecule has 0 fully saturated rings. The van der Waals surface area contributed by atoms with Crippen molar-refractivity contribution >= 4 is 11.9 Å². The first-order valence-electron chi connectivity index (χ1n) is 26.8. The Hall–Kier alpha value is -2.40. The summed E-state index contributed by atoms with van der Waals surface area (Å²) in [6.07, 6.45) is 66.6. The van der Waals surface area contributed by atoms with Crippen LogP contribution in [0.5, 0.6) is 0 Å². The van der Waals surface area contributed by atoms with Gasteiger partial charge in [-0.05, 0) is 83.5 Å². The molecular weight excluding hydrogens is 765 g/mol. The maximum Gasteiger partial charge on any atom is 0.306 e. The van der Waals surface area contributed by atoms with Crippen LogP contribution in [0.4, 0.5) is 0 Å². The molecule has 1 unspecified atom stereocenters. The molecule has 0 saturated heterocycles. The quantitative estimate of drug-likeness (QED) is 0.0346. The van der Waals surface area contributed by atoms with Crippen molar-refractivity contribution in [1.82, 2.24) is 0 Å². The highest BCUT2D eigenvalue weighted by molar-refractivity contribution is 5.70. The lowest BCUT2D eigenvalue weighted by Crippen LogP contribution is -2.30. The summed E-state index contributed by atoms with van der Waals surface area (Å²) < 4.78 is 17.4. The molecule has 0 saturated carbocycles. The van der Waals surface area contributed by atoms with Crippen LogP contribution in [0, 0.1) is 0 Å². The molecule has 0 amide bonds. The number of rotatable bonds is 49. The molecule has 0 spiro atoms. The molecule has 1 atom stereocenters. The summed E-state index contributed by atoms with van der Waals surface area (Å²) in [6.45, 7) is 7.69. The predicted molar refractivity (Wildman–Crippen MR) is 270 cm³/mol. The summed E-state index contributed by atoms with van der Waals surface area (Å²) in [4.78, 5) is 25.4. The zero-order valence-electron chi connectivity index (χ0n) is 41.4. The predicted octanol–water partition coefficient (Wildman–Crippen LogP) is 18.1. The van der Waals surface area contributed by atoms with Gasteiger partial charge < -0.3 is 14.2 Å². The molecule has 0 N–H and O–H groups in total. The third-order valence-electron chi connectivity index (χ3n) is 11.5. The molecule has 0 aromatic carbocycles. The monoisotopic (exact) mass is 867 g/mol. The van der Waals surface area contributed by atoms with Crippen LogP contribution in [0.1, 0.15) is 265 Å². The van der Waals surface area contributed by atoms with E-state index in [0.29, 0.717) is 19.4 Å². The Balaban J connectivity index is 4.32. The minimum atomic E-state index is -0.556. The Morgan fingerprint density at radius 3 is 1.21 bits per heavy atom. The third-order valence-corrected chi connectivity index (χ3v) is 11.5. The zero-order valence-corrected chi connectivity index (χ0v) is 41.4. The number of esters is 2. The van der Waals surface area contributed by atoms with Gasteiger partial charge in [0.05, 0.1) is 6.61 Å². The van der Waals surface area contributed by atoms with Crippen LogP contribution in [0.25, 0.3) is 0 Å². The first kappa shape index (κ1) is 59.6. The van der Waals surface area contributed by atoms with Gasteiger partial charge in [-0.2, -0.15) is 0 Å². The number of hydrogen-bond donors (Lipinski definition) is 0. The van der Waals surface area contributed by atoms with Crippen molar-refractivity contribution in [3.8, 4) is 0 Å². The Kier molecular flexibility index (Phi) is 50.9. The molecule has 0 heterocycles. The molecule has 0 rings (SSSR count). The Morgan fingerprint density at radius 2 is 0.726 bits per heavy atom. The van der Waals surface area contributed by atoms with Gasteiger partial charge in [0.1, 0.15) is 6.61 Å². The molecule has 62 heavy (non-hydrogen) atoms. The highest BCUT2D eigenvalue weighted by Gasteiger charge is 2.17. The largest absolute Gasteiger partial charge is 0.462 e. The van der Waals surface area contributed by atoms with Gasteiger partial charge in [0, 0.05) is 19.4 Å². The van der Waals surface area contributed by atoms with Crippen LogP contribution < -0.4 is 0 Å². The van der Waals surface area contributed by atoms with Gasteiger partial charge >= 0.3 is 11.9 Å². The van der Waals surface area contributed by atoms with Crippen molar-refractivity contribution in [3.63, 3.8) is 0 Å². The molecule has 0 bridgehead atoms. The second-order valence-electron chi connectivity index (χ2n) is 17.8. The lowest BCUT2D eigenvalue weighted by Gasteiger charge is -2.18. The molecule has 0 radical (unpaired) electrons. The van der Waals surface area contributed by atoms with E-state index in [1.54, 1.807) is 0 Å². The second-order valence-corrected chi connectivity index (χ2v) is 17.8. The van der Waals surface area contributed by atoms with Gasteiger partial charge in [-0.15, -0.1) is 0 Å². The number of ether oxygens (including phenoxy) is 3. The van der Waals surface area contributed by atoms with Gasteiger partial charge in [0.25, 0.3) is 0 Å². The number of allylic oxidation sites excluding steroid dienone is 10. The first-order valence-corrected chi connectivity index (χ1v) is 26.8. The van der Waals surface area contributed by atoms with Gasteiger partial charge in [-0.3, -0.25) is 9.59 Å². The number of hydrogen-bond acceptors (Lipinski definition) is 5. The molecule has 0 aliphatic heterocycles. The summed E-state index contributed by atoms with van der Waals surface area (Å²) in [5.74, 6) is -0.445. The lowest BCUT2D eigenvalue weighted by atomic mass is 10.0. The summed E-state index contributed by atoms with van der Waals surface area (Å²) in [7, 11) is 0. The van der Waals surface area contributed by atoms with Crippen molar-refractivity contribution in [2.45, 2.75) is 271 Å². The van der Waals surface area contributed by atoms with Gasteiger partial charge in [0.15, 0.2) is 6.10 Å². The summed E-state index contributed by atoms with van der Waals surface area (Å²) in [5.41, 5.74) is 0. The molecule has 360 valence electrons. The number of carbonyl (C=O) groups is 2. The van der Waals surface area contributed by atoms with Crippen LogP contribution in [0.15, 0.2) is 60.8 Å². The van der Waals surface area contributed by atoms with E-state index in [9.17, 15) is 9.59 Å². The average Bonchev–Trinajstić information content (AvgIpc) is 3.27. The minimum absolute atomic E-state index is 0.0623. The maximum atomic E-state index is 12.8. The van der Waals surface area contributed by atoms with Crippen LogP contribution in [-0.2, 0) is 23.8 Å². The van der Waals surface area contributed by atoms with E-state index in [-0.39, 0.29) is 25.2 Å². The normalized spacial score (nSPS) is 12.6. The average molecular weight is 867 g/mol. The number of unbranched alkanes of at least 4 members (excludes halogenated alkanes) is 28. The van der Waals surface area contributed by atoms with Crippen molar-refractivity contribution < 1.29 is 23.8 Å². The smallest absolute Gasteiger partial charge is 0.306 e. The fourth-order valence-corrected chi connectivity index (χ4v) is 7.56. The first-order chi connectivity index (χ1) is 30.6. The summed E-state index contributed by atoms with van der Waals surface area (Å²) in [5, 5.41) is 0.